The topological polar surface area (TPSA) is 111 Å². The number of ketones is 2. The normalized spacial score (nSPS) is 10.5. The highest BCUT2D eigenvalue weighted by molar-refractivity contribution is 6.04. The number of hydrogen-bond acceptors (Lipinski definition) is 7. The van der Waals surface area contributed by atoms with Crippen molar-refractivity contribution in [2.45, 2.75) is 27.7 Å². The zero-order chi connectivity index (χ0) is 17.9. The minimum atomic E-state index is -0.711. The van der Waals surface area contributed by atoms with Crippen molar-refractivity contribution in [1.82, 2.24) is 10.1 Å². The van der Waals surface area contributed by atoms with E-state index < -0.39 is 18.4 Å². The van der Waals surface area contributed by atoms with Gasteiger partial charge in [0.05, 0.1) is 5.69 Å². The van der Waals surface area contributed by atoms with E-state index in [9.17, 15) is 14.4 Å². The van der Waals surface area contributed by atoms with Crippen LogP contribution in [0.4, 0.5) is 0 Å². The average Bonchev–Trinajstić information content (AvgIpc) is 3.05. The molecule has 0 aliphatic carbocycles. The lowest BCUT2D eigenvalue weighted by Gasteiger charge is -2.04. The fourth-order valence-electron chi connectivity index (χ4n) is 2.36. The lowest BCUT2D eigenvalue weighted by molar-refractivity contribution is -0.144. The van der Waals surface area contributed by atoms with E-state index in [1.54, 1.807) is 20.8 Å². The number of rotatable bonds is 7. The van der Waals surface area contributed by atoms with Gasteiger partial charge in [0.15, 0.2) is 19.0 Å². The summed E-state index contributed by atoms with van der Waals surface area (Å²) >= 11 is 0. The molecule has 8 heteroatoms. The van der Waals surface area contributed by atoms with E-state index in [-0.39, 0.29) is 24.0 Å². The van der Waals surface area contributed by atoms with E-state index in [4.69, 9.17) is 14.0 Å². The Morgan fingerprint density at radius 3 is 2.46 bits per heavy atom. The van der Waals surface area contributed by atoms with E-state index in [2.05, 4.69) is 10.1 Å². The molecular formula is C16H18N2O6. The second kappa shape index (κ2) is 7.12. The Morgan fingerprint density at radius 1 is 1.21 bits per heavy atom. The van der Waals surface area contributed by atoms with E-state index in [0.717, 1.165) is 0 Å². The van der Waals surface area contributed by atoms with Crippen molar-refractivity contribution in [1.29, 1.82) is 0 Å². The Labute approximate surface area is 138 Å². The molecule has 24 heavy (non-hydrogen) atoms. The molecule has 0 saturated heterocycles. The molecule has 8 nitrogen and oxygen atoms in total. The first kappa shape index (κ1) is 17.5. The van der Waals surface area contributed by atoms with Gasteiger partial charge in [0.25, 0.3) is 5.88 Å². The van der Waals surface area contributed by atoms with Gasteiger partial charge >= 0.3 is 5.97 Å². The molecule has 0 spiro atoms. The molecule has 0 aliphatic heterocycles. The number of aromatic amines is 1. The van der Waals surface area contributed by atoms with Crippen molar-refractivity contribution in [3.05, 3.63) is 34.3 Å². The molecule has 2 aromatic heterocycles. The van der Waals surface area contributed by atoms with Gasteiger partial charge in [-0.15, -0.1) is 0 Å². The number of aromatic nitrogens is 2. The highest BCUT2D eigenvalue weighted by atomic mass is 16.6. The number of aryl methyl sites for hydroxylation is 2. The number of hydrogen-bond donors (Lipinski definition) is 1. The summed E-state index contributed by atoms with van der Waals surface area (Å²) in [7, 11) is 0. The fraction of sp³-hybridized carbons (Fsp3) is 0.375. The Bertz CT molecular complexity index is 787. The van der Waals surface area contributed by atoms with Crippen LogP contribution in [-0.4, -0.2) is 40.9 Å². The smallest absolute Gasteiger partial charge is 0.344 e. The molecule has 1 N–H and O–H groups in total. The fourth-order valence-corrected chi connectivity index (χ4v) is 2.36. The van der Waals surface area contributed by atoms with Crippen LogP contribution < -0.4 is 4.74 Å². The van der Waals surface area contributed by atoms with Crippen LogP contribution in [-0.2, 0) is 9.53 Å². The minimum Gasteiger partial charge on any atom is -0.463 e. The summed E-state index contributed by atoms with van der Waals surface area (Å²) in [6.07, 6.45) is 0. The highest BCUT2D eigenvalue weighted by Gasteiger charge is 2.20. The average molecular weight is 334 g/mol. The summed E-state index contributed by atoms with van der Waals surface area (Å²) in [5.41, 5.74) is 1.91. The predicted octanol–water partition coefficient (Wildman–Crippen LogP) is 1.94. The van der Waals surface area contributed by atoms with Crippen LogP contribution in [0, 0.1) is 20.8 Å². The van der Waals surface area contributed by atoms with Gasteiger partial charge < -0.3 is 19.0 Å². The van der Waals surface area contributed by atoms with Crippen molar-refractivity contribution in [2.24, 2.45) is 0 Å². The Kier molecular flexibility index (Phi) is 5.18. The second-order valence-electron chi connectivity index (χ2n) is 5.33. The third kappa shape index (κ3) is 3.89. The SMILES string of the molecule is CC(=O)c1c(C)[nH]c(C(=O)COC(=O)COc2cc(C)on2)c1C. The van der Waals surface area contributed by atoms with Gasteiger partial charge in [0.1, 0.15) is 5.76 Å². The Hall–Kier alpha value is -2.90. The summed E-state index contributed by atoms with van der Waals surface area (Å²) in [5, 5.41) is 3.56. The number of nitrogens with zero attached hydrogens (tertiary/aromatic N) is 1. The standard InChI is InChI=1S/C16H18N2O6/c1-8-5-13(18-24-8)22-7-14(21)23-6-12(20)16-9(2)15(11(4)19)10(3)17-16/h5,17H,6-7H2,1-4H3. The summed E-state index contributed by atoms with van der Waals surface area (Å²) in [4.78, 5) is 38.2. The summed E-state index contributed by atoms with van der Waals surface area (Å²) in [6.45, 7) is 5.66. The quantitative estimate of drug-likeness (QED) is 0.608. The number of ether oxygens (including phenoxy) is 2. The highest BCUT2D eigenvalue weighted by Crippen LogP contribution is 2.19. The largest absolute Gasteiger partial charge is 0.463 e. The molecule has 0 fully saturated rings. The summed E-state index contributed by atoms with van der Waals surface area (Å²) < 4.78 is 14.7. The van der Waals surface area contributed by atoms with Crippen molar-refractivity contribution in [3.8, 4) is 5.88 Å². The maximum Gasteiger partial charge on any atom is 0.344 e. The molecule has 0 saturated carbocycles. The van der Waals surface area contributed by atoms with Gasteiger partial charge in [0.2, 0.25) is 5.78 Å². The summed E-state index contributed by atoms with van der Waals surface area (Å²) in [5.74, 6) is -0.552. The molecule has 2 rings (SSSR count). The second-order valence-corrected chi connectivity index (χ2v) is 5.33. The number of esters is 1. The molecule has 0 aromatic carbocycles. The third-order valence-corrected chi connectivity index (χ3v) is 3.38. The van der Waals surface area contributed by atoms with Crippen LogP contribution >= 0.6 is 0 Å². The molecule has 2 aromatic rings. The lowest BCUT2D eigenvalue weighted by Crippen LogP contribution is -2.20. The van der Waals surface area contributed by atoms with Crippen LogP contribution in [0.25, 0.3) is 0 Å². The first-order valence-corrected chi connectivity index (χ1v) is 7.24. The van der Waals surface area contributed by atoms with Crippen LogP contribution in [0.1, 0.15) is 44.8 Å². The monoisotopic (exact) mass is 334 g/mol. The molecule has 0 amide bonds. The molecule has 0 radical (unpaired) electrons. The molecule has 128 valence electrons. The lowest BCUT2D eigenvalue weighted by atomic mass is 10.1. The van der Waals surface area contributed by atoms with Crippen molar-refractivity contribution >= 4 is 17.5 Å². The molecule has 2 heterocycles. The number of carbonyl (C=O) groups excluding carboxylic acids is 3. The van der Waals surface area contributed by atoms with Crippen LogP contribution in [0.5, 0.6) is 5.88 Å². The van der Waals surface area contributed by atoms with Crippen molar-refractivity contribution in [3.63, 3.8) is 0 Å². The minimum absolute atomic E-state index is 0.131. The predicted molar refractivity (Wildman–Crippen MR) is 82.3 cm³/mol. The third-order valence-electron chi connectivity index (χ3n) is 3.38. The van der Waals surface area contributed by atoms with Gasteiger partial charge in [-0.25, -0.2) is 4.79 Å². The maximum atomic E-state index is 12.1. The molecule has 0 unspecified atom stereocenters. The number of carbonyl (C=O) groups is 3. The van der Waals surface area contributed by atoms with Gasteiger partial charge in [-0.3, -0.25) is 9.59 Å². The van der Waals surface area contributed by atoms with E-state index in [1.165, 1.54) is 13.0 Å². The number of Topliss-reactive ketones (excluding diaryl/α,β-unsaturated/α-hetero) is 2. The van der Waals surface area contributed by atoms with Gasteiger partial charge in [-0.1, -0.05) is 0 Å². The summed E-state index contributed by atoms with van der Waals surface area (Å²) in [6, 6.07) is 1.52. The van der Waals surface area contributed by atoms with Gasteiger partial charge in [0, 0.05) is 17.3 Å². The van der Waals surface area contributed by atoms with Crippen molar-refractivity contribution < 1.29 is 28.4 Å². The van der Waals surface area contributed by atoms with E-state index >= 15 is 0 Å². The van der Waals surface area contributed by atoms with E-state index in [0.29, 0.717) is 22.6 Å². The van der Waals surface area contributed by atoms with Gasteiger partial charge in [-0.05, 0) is 38.4 Å². The number of H-pyrrole nitrogens is 1. The first-order chi connectivity index (χ1) is 11.3. The van der Waals surface area contributed by atoms with E-state index in [1.807, 2.05) is 0 Å². The van der Waals surface area contributed by atoms with Crippen LogP contribution in [0.3, 0.4) is 0 Å². The molecule has 0 atom stereocenters. The molecule has 0 aliphatic rings. The Morgan fingerprint density at radius 2 is 1.92 bits per heavy atom. The van der Waals surface area contributed by atoms with Crippen LogP contribution in [0.15, 0.2) is 10.6 Å². The first-order valence-electron chi connectivity index (χ1n) is 7.24. The van der Waals surface area contributed by atoms with Crippen molar-refractivity contribution in [2.75, 3.05) is 13.2 Å². The molecular weight excluding hydrogens is 316 g/mol. The number of nitrogens with one attached hydrogen (secondary N) is 1. The zero-order valence-electron chi connectivity index (χ0n) is 13.9. The van der Waals surface area contributed by atoms with Gasteiger partial charge in [-0.2, -0.15) is 0 Å². The molecule has 0 bridgehead atoms. The Balaban J connectivity index is 1.90. The zero-order valence-corrected chi connectivity index (χ0v) is 13.9. The van der Waals surface area contributed by atoms with Crippen LogP contribution in [0.2, 0.25) is 0 Å². The maximum absolute atomic E-state index is 12.1.